The molecular weight excluding hydrogens is 472 g/mol. The fourth-order valence-corrected chi connectivity index (χ4v) is 4.59. The first-order valence-electron chi connectivity index (χ1n) is 10.9. The number of benzene rings is 1. The van der Waals surface area contributed by atoms with Gasteiger partial charge in [0.1, 0.15) is 10.7 Å². The van der Waals surface area contributed by atoms with Crippen molar-refractivity contribution in [1.82, 2.24) is 19.9 Å². The summed E-state index contributed by atoms with van der Waals surface area (Å²) in [5, 5.41) is 21.9. The third-order valence-electron chi connectivity index (χ3n) is 5.62. The lowest BCUT2D eigenvalue weighted by molar-refractivity contribution is -0.128. The lowest BCUT2D eigenvalue weighted by Crippen LogP contribution is -2.34. The minimum atomic E-state index is -1.05. The van der Waals surface area contributed by atoms with E-state index >= 15 is 0 Å². The van der Waals surface area contributed by atoms with E-state index in [0.29, 0.717) is 54.1 Å². The number of amides is 1. The Morgan fingerprint density at radius 2 is 1.71 bits per heavy atom. The van der Waals surface area contributed by atoms with E-state index in [2.05, 4.69) is 25.2 Å². The molecule has 0 spiro atoms. The van der Waals surface area contributed by atoms with Crippen molar-refractivity contribution in [2.45, 2.75) is 20.3 Å². The van der Waals surface area contributed by atoms with Crippen LogP contribution < -0.4 is 10.2 Å². The van der Waals surface area contributed by atoms with E-state index in [9.17, 15) is 24.6 Å². The molecule has 3 N–H and O–H groups in total. The van der Waals surface area contributed by atoms with E-state index in [4.69, 9.17) is 0 Å². The molecule has 0 saturated carbocycles. The Labute approximate surface area is 205 Å². The van der Waals surface area contributed by atoms with Crippen molar-refractivity contribution >= 4 is 46.1 Å². The van der Waals surface area contributed by atoms with Gasteiger partial charge in [0, 0.05) is 44.7 Å². The van der Waals surface area contributed by atoms with Crippen LogP contribution in [-0.4, -0.2) is 74.1 Å². The van der Waals surface area contributed by atoms with E-state index in [0.717, 1.165) is 17.8 Å². The largest absolute Gasteiger partial charge is 0.478 e. The van der Waals surface area contributed by atoms with Gasteiger partial charge in [-0.1, -0.05) is 23.5 Å². The lowest BCUT2D eigenvalue weighted by Gasteiger charge is -2.23. The number of nitrogens with zero attached hydrogens (tertiary/aromatic N) is 5. The molecular formula is C23H24N6O5S. The second-order valence-electron chi connectivity index (χ2n) is 8.03. The van der Waals surface area contributed by atoms with Gasteiger partial charge in [-0.2, -0.15) is 4.98 Å². The Morgan fingerprint density at radius 1 is 0.971 bits per heavy atom. The summed E-state index contributed by atoms with van der Waals surface area (Å²) in [5.41, 5.74) is 1.82. The van der Waals surface area contributed by atoms with Gasteiger partial charge in [-0.15, -0.1) is 0 Å². The lowest BCUT2D eigenvalue weighted by atomic mass is 10.1. The fourth-order valence-electron chi connectivity index (χ4n) is 3.79. The number of carboxylic acids is 2. The summed E-state index contributed by atoms with van der Waals surface area (Å²) >= 11 is 0.993. The van der Waals surface area contributed by atoms with E-state index in [1.54, 1.807) is 30.9 Å². The Bertz CT molecular complexity index is 1280. The second-order valence-corrected chi connectivity index (χ2v) is 9.03. The zero-order chi connectivity index (χ0) is 25.1. The van der Waals surface area contributed by atoms with E-state index < -0.39 is 11.9 Å². The smallest absolute Gasteiger partial charge is 0.347 e. The molecule has 0 unspecified atom stereocenters. The van der Waals surface area contributed by atoms with Gasteiger partial charge in [-0.3, -0.25) is 10.1 Å². The van der Waals surface area contributed by atoms with Crippen LogP contribution in [0.1, 0.15) is 39.1 Å². The normalized spacial score (nSPS) is 13.9. The van der Waals surface area contributed by atoms with Crippen LogP contribution >= 0.6 is 11.3 Å². The average Bonchev–Trinajstić information content (AvgIpc) is 3.03. The van der Waals surface area contributed by atoms with Crippen LogP contribution in [-0.2, 0) is 4.79 Å². The molecule has 1 aliphatic rings. The highest BCUT2D eigenvalue weighted by molar-refractivity contribution is 7.17. The molecule has 11 nitrogen and oxygen atoms in total. The Balaban J connectivity index is 1.70. The van der Waals surface area contributed by atoms with Crippen LogP contribution in [0.2, 0.25) is 0 Å². The summed E-state index contributed by atoms with van der Waals surface area (Å²) in [6, 6.07) is 8.18. The average molecular weight is 497 g/mol. The molecule has 3 aromatic rings. The number of aryl methyl sites for hydroxylation is 1. The molecule has 1 fully saturated rings. The third kappa shape index (κ3) is 5.54. The molecule has 0 aliphatic carbocycles. The van der Waals surface area contributed by atoms with Crippen molar-refractivity contribution < 1.29 is 24.6 Å². The maximum Gasteiger partial charge on any atom is 0.347 e. The quantitative estimate of drug-likeness (QED) is 0.465. The van der Waals surface area contributed by atoms with Gasteiger partial charge in [-0.25, -0.2) is 19.6 Å². The predicted molar refractivity (Wildman–Crippen MR) is 131 cm³/mol. The molecule has 3 heterocycles. The van der Waals surface area contributed by atoms with Crippen molar-refractivity contribution in [1.29, 1.82) is 0 Å². The first-order chi connectivity index (χ1) is 16.7. The van der Waals surface area contributed by atoms with Crippen LogP contribution in [0.4, 0.5) is 16.9 Å². The predicted octanol–water partition coefficient (Wildman–Crippen LogP) is 3.11. The van der Waals surface area contributed by atoms with Gasteiger partial charge < -0.3 is 20.0 Å². The van der Waals surface area contributed by atoms with E-state index in [1.165, 1.54) is 12.1 Å². The summed E-state index contributed by atoms with van der Waals surface area (Å²) in [4.78, 5) is 52.0. The van der Waals surface area contributed by atoms with Crippen molar-refractivity contribution in [3.8, 4) is 11.3 Å². The van der Waals surface area contributed by atoms with Crippen molar-refractivity contribution in [3.63, 3.8) is 0 Å². The molecule has 0 radical (unpaired) electrons. The molecule has 12 heteroatoms. The Hall–Kier alpha value is -4.06. The summed E-state index contributed by atoms with van der Waals surface area (Å²) in [7, 11) is 0. The van der Waals surface area contributed by atoms with Gasteiger partial charge in [0.15, 0.2) is 5.13 Å². The van der Waals surface area contributed by atoms with Crippen LogP contribution in [0.25, 0.3) is 11.3 Å². The second kappa shape index (κ2) is 10.1. The van der Waals surface area contributed by atoms with Gasteiger partial charge >= 0.3 is 11.9 Å². The molecule has 2 aromatic heterocycles. The topological polar surface area (TPSA) is 149 Å². The molecule has 1 aliphatic heterocycles. The minimum Gasteiger partial charge on any atom is -0.478 e. The Kier molecular flexibility index (Phi) is 6.92. The van der Waals surface area contributed by atoms with Crippen LogP contribution in [0, 0.1) is 6.92 Å². The van der Waals surface area contributed by atoms with Gasteiger partial charge in [0.05, 0.1) is 17.0 Å². The summed E-state index contributed by atoms with van der Waals surface area (Å²) < 4.78 is 0. The molecule has 1 saturated heterocycles. The SMILES string of the molecule is CC(=O)N1CCCN(c2cc(-c3ccc(C(=O)O)cc3)nc(Nc3nc(C)c(C(=O)O)s3)n2)CC1. The van der Waals surface area contributed by atoms with Crippen LogP contribution in [0.15, 0.2) is 30.3 Å². The highest BCUT2D eigenvalue weighted by Gasteiger charge is 2.20. The number of carbonyl (C=O) groups excluding carboxylic acids is 1. The molecule has 1 aromatic carbocycles. The molecule has 4 rings (SSSR count). The van der Waals surface area contributed by atoms with Crippen molar-refractivity contribution in [2.24, 2.45) is 0 Å². The van der Waals surface area contributed by atoms with E-state index in [1.807, 2.05) is 6.07 Å². The number of thiazole rings is 1. The zero-order valence-corrected chi connectivity index (χ0v) is 20.0. The zero-order valence-electron chi connectivity index (χ0n) is 19.2. The molecule has 0 atom stereocenters. The van der Waals surface area contributed by atoms with Crippen LogP contribution in [0.5, 0.6) is 0 Å². The standard InChI is InChI=1S/C23H24N6O5S/c1-13-19(21(33)34)35-23(24-13)27-22-25-17(15-4-6-16(7-5-15)20(31)32)12-18(26-22)29-9-3-8-28(10-11-29)14(2)30/h4-7,12H,3,8-11H2,1-2H3,(H,31,32)(H,33,34)(H,24,25,26,27). The van der Waals surface area contributed by atoms with Gasteiger partial charge in [0.25, 0.3) is 0 Å². The summed E-state index contributed by atoms with van der Waals surface area (Å²) in [6.45, 7) is 5.70. The fraction of sp³-hybridized carbons (Fsp3) is 0.304. The molecule has 1 amide bonds. The highest BCUT2D eigenvalue weighted by atomic mass is 32.1. The van der Waals surface area contributed by atoms with E-state index in [-0.39, 0.29) is 22.3 Å². The summed E-state index contributed by atoms with van der Waals surface area (Å²) in [6.07, 6.45) is 0.780. The number of anilines is 3. The monoisotopic (exact) mass is 496 g/mol. The maximum absolute atomic E-state index is 11.8. The van der Waals surface area contributed by atoms with Gasteiger partial charge in [-0.05, 0) is 25.5 Å². The van der Waals surface area contributed by atoms with Crippen LogP contribution in [0.3, 0.4) is 0 Å². The van der Waals surface area contributed by atoms with Crippen molar-refractivity contribution in [3.05, 3.63) is 46.5 Å². The number of nitrogens with one attached hydrogen (secondary N) is 1. The Morgan fingerprint density at radius 3 is 2.34 bits per heavy atom. The number of hydrogen-bond acceptors (Lipinski definition) is 9. The number of carboxylic acid groups (broad SMARTS) is 2. The number of aromatic carboxylic acids is 2. The van der Waals surface area contributed by atoms with Crippen molar-refractivity contribution in [2.75, 3.05) is 36.4 Å². The van der Waals surface area contributed by atoms with Gasteiger partial charge in [0.2, 0.25) is 11.9 Å². The number of carbonyl (C=O) groups is 3. The number of aromatic nitrogens is 3. The first-order valence-corrected chi connectivity index (χ1v) is 11.7. The highest BCUT2D eigenvalue weighted by Crippen LogP contribution is 2.29. The minimum absolute atomic E-state index is 0.0319. The first kappa shape index (κ1) is 24.1. The molecule has 0 bridgehead atoms. The molecule has 182 valence electrons. The number of rotatable bonds is 6. The third-order valence-corrected chi connectivity index (χ3v) is 6.68. The summed E-state index contributed by atoms with van der Waals surface area (Å²) in [5.74, 6) is -1.17. The number of hydrogen-bond donors (Lipinski definition) is 3. The molecule has 35 heavy (non-hydrogen) atoms. The maximum atomic E-state index is 11.8.